The number of carboxylic acids is 1. The van der Waals surface area contributed by atoms with E-state index in [1.807, 2.05) is 19.9 Å². The lowest BCUT2D eigenvalue weighted by atomic mass is 10.0. The summed E-state index contributed by atoms with van der Waals surface area (Å²) in [5, 5.41) is 20.4. The van der Waals surface area contributed by atoms with Crippen molar-refractivity contribution in [1.82, 2.24) is 20.2 Å². The van der Waals surface area contributed by atoms with E-state index in [2.05, 4.69) is 15.5 Å². The Hall–Kier alpha value is -2.18. The summed E-state index contributed by atoms with van der Waals surface area (Å²) < 4.78 is 6.86. The molecular weight excluding hydrogens is 248 g/mol. The lowest BCUT2D eigenvalue weighted by Gasteiger charge is -2.12. The average molecular weight is 264 g/mol. The maximum Gasteiger partial charge on any atom is 0.303 e. The van der Waals surface area contributed by atoms with Gasteiger partial charge in [0, 0.05) is 13.0 Å². The zero-order valence-electron chi connectivity index (χ0n) is 10.9. The number of aryl methyl sites for hydroxylation is 1. The molecule has 2 rings (SSSR count). The predicted octanol–water partition coefficient (Wildman–Crippen LogP) is 1.74. The van der Waals surface area contributed by atoms with Gasteiger partial charge in [-0.3, -0.25) is 4.79 Å². The smallest absolute Gasteiger partial charge is 0.303 e. The molecule has 1 atom stereocenters. The van der Waals surface area contributed by atoms with Crippen LogP contribution in [0.2, 0.25) is 0 Å². The first-order valence-electron chi connectivity index (χ1n) is 6.13. The molecule has 0 aliphatic carbocycles. The van der Waals surface area contributed by atoms with Crippen molar-refractivity contribution < 1.29 is 14.3 Å². The first-order valence-corrected chi connectivity index (χ1v) is 6.13. The first-order chi connectivity index (χ1) is 9.10. The van der Waals surface area contributed by atoms with Crippen molar-refractivity contribution in [3.05, 3.63) is 18.1 Å². The van der Waals surface area contributed by atoms with E-state index in [-0.39, 0.29) is 12.3 Å². The topological polar surface area (TPSA) is 94.0 Å². The fourth-order valence-electron chi connectivity index (χ4n) is 1.92. The number of furan rings is 1. The highest BCUT2D eigenvalue weighted by molar-refractivity contribution is 5.67. The number of aromatic nitrogens is 4. The molecule has 0 saturated carbocycles. The molecule has 1 N–H and O–H groups in total. The third-order valence-electron chi connectivity index (χ3n) is 2.99. The largest absolute Gasteiger partial charge is 0.481 e. The van der Waals surface area contributed by atoms with Gasteiger partial charge >= 0.3 is 5.97 Å². The van der Waals surface area contributed by atoms with Gasteiger partial charge in [0.15, 0.2) is 5.82 Å². The van der Waals surface area contributed by atoms with E-state index < -0.39 is 5.97 Å². The Morgan fingerprint density at radius 1 is 1.58 bits per heavy atom. The van der Waals surface area contributed by atoms with Crippen LogP contribution in [0, 0.1) is 12.8 Å². The van der Waals surface area contributed by atoms with Gasteiger partial charge in [0.05, 0.1) is 5.56 Å². The van der Waals surface area contributed by atoms with Crippen LogP contribution in [0.15, 0.2) is 16.7 Å². The van der Waals surface area contributed by atoms with Gasteiger partial charge < -0.3 is 9.52 Å². The molecule has 0 fully saturated rings. The molecule has 0 aliphatic rings. The third kappa shape index (κ3) is 3.18. The summed E-state index contributed by atoms with van der Waals surface area (Å²) >= 11 is 0. The normalized spacial score (nSPS) is 12.5. The van der Waals surface area contributed by atoms with Gasteiger partial charge in [-0.1, -0.05) is 13.3 Å². The molecule has 2 heterocycles. The van der Waals surface area contributed by atoms with Crippen LogP contribution in [0.4, 0.5) is 0 Å². The molecule has 102 valence electrons. The highest BCUT2D eigenvalue weighted by Crippen LogP contribution is 2.20. The fraction of sp³-hybridized carbons (Fsp3) is 0.500. The predicted molar refractivity (Wildman–Crippen MR) is 66.3 cm³/mol. The number of nitrogens with zero attached hydrogens (tertiary/aromatic N) is 4. The summed E-state index contributed by atoms with van der Waals surface area (Å²) in [6.07, 6.45) is 2.46. The summed E-state index contributed by atoms with van der Waals surface area (Å²) in [6.45, 7) is 4.28. The van der Waals surface area contributed by atoms with Crippen LogP contribution in [0.25, 0.3) is 11.4 Å². The van der Waals surface area contributed by atoms with Gasteiger partial charge in [0.25, 0.3) is 0 Å². The van der Waals surface area contributed by atoms with Crippen LogP contribution < -0.4 is 0 Å². The molecule has 0 aromatic carbocycles. The van der Waals surface area contributed by atoms with Gasteiger partial charge in [0.2, 0.25) is 0 Å². The molecule has 7 heteroatoms. The number of carboxylic acid groups (broad SMARTS) is 1. The van der Waals surface area contributed by atoms with Crippen molar-refractivity contribution >= 4 is 5.97 Å². The molecule has 0 aliphatic heterocycles. The van der Waals surface area contributed by atoms with Crippen molar-refractivity contribution in [2.45, 2.75) is 33.2 Å². The van der Waals surface area contributed by atoms with Crippen molar-refractivity contribution in [3.8, 4) is 11.4 Å². The second-order valence-corrected chi connectivity index (χ2v) is 4.50. The van der Waals surface area contributed by atoms with Crippen molar-refractivity contribution in [2.24, 2.45) is 5.92 Å². The average Bonchev–Trinajstić information content (AvgIpc) is 2.96. The number of aliphatic carboxylic acids is 1. The highest BCUT2D eigenvalue weighted by atomic mass is 16.4. The summed E-state index contributed by atoms with van der Waals surface area (Å²) in [5.41, 5.74) is 0.799. The maximum absolute atomic E-state index is 10.8. The molecule has 0 bridgehead atoms. The fourth-order valence-corrected chi connectivity index (χ4v) is 1.92. The molecular formula is C12H16N4O3. The van der Waals surface area contributed by atoms with E-state index in [4.69, 9.17) is 9.52 Å². The lowest BCUT2D eigenvalue weighted by Crippen LogP contribution is -2.16. The zero-order chi connectivity index (χ0) is 13.8. The number of rotatable bonds is 6. The lowest BCUT2D eigenvalue weighted by molar-refractivity contribution is -0.138. The van der Waals surface area contributed by atoms with Gasteiger partial charge in [-0.05, 0) is 29.3 Å². The van der Waals surface area contributed by atoms with E-state index in [1.54, 1.807) is 10.9 Å². The minimum absolute atomic E-state index is 0.00717. The molecule has 7 nitrogen and oxygen atoms in total. The summed E-state index contributed by atoms with van der Waals surface area (Å²) in [5.74, 6) is 0.580. The highest BCUT2D eigenvalue weighted by Gasteiger charge is 2.17. The number of tetrazole rings is 1. The molecule has 0 saturated heterocycles. The van der Waals surface area contributed by atoms with Crippen LogP contribution in [0.3, 0.4) is 0 Å². The van der Waals surface area contributed by atoms with E-state index in [0.717, 1.165) is 17.7 Å². The maximum atomic E-state index is 10.8. The Kier molecular flexibility index (Phi) is 3.94. The Balaban J connectivity index is 2.17. The minimum Gasteiger partial charge on any atom is -0.481 e. The van der Waals surface area contributed by atoms with Crippen LogP contribution in [0.1, 0.15) is 25.5 Å². The Bertz CT molecular complexity index is 561. The SMILES string of the molecule is CCC(CC(=O)O)Cn1nnnc1-c1coc(C)c1. The monoisotopic (exact) mass is 264 g/mol. The van der Waals surface area contributed by atoms with Crippen LogP contribution in [0.5, 0.6) is 0 Å². The number of carbonyl (C=O) groups is 1. The standard InChI is InChI=1S/C12H16N4O3/c1-3-9(5-11(17)18)6-16-12(13-14-15-16)10-4-8(2)19-7-10/h4,7,9H,3,5-6H2,1-2H3,(H,17,18). The second-order valence-electron chi connectivity index (χ2n) is 4.50. The van der Waals surface area contributed by atoms with Crippen LogP contribution in [-0.4, -0.2) is 31.3 Å². The molecule has 1 unspecified atom stereocenters. The molecule has 19 heavy (non-hydrogen) atoms. The van der Waals surface area contributed by atoms with Crippen molar-refractivity contribution in [1.29, 1.82) is 0 Å². The van der Waals surface area contributed by atoms with Crippen molar-refractivity contribution in [3.63, 3.8) is 0 Å². The molecule has 0 spiro atoms. The quantitative estimate of drug-likeness (QED) is 0.854. The van der Waals surface area contributed by atoms with E-state index >= 15 is 0 Å². The Labute approximate surface area is 110 Å². The molecule has 0 amide bonds. The molecule has 2 aromatic heterocycles. The van der Waals surface area contributed by atoms with Crippen LogP contribution in [-0.2, 0) is 11.3 Å². The number of hydrogen-bond acceptors (Lipinski definition) is 5. The third-order valence-corrected chi connectivity index (χ3v) is 2.99. The first kappa shape index (κ1) is 13.3. The van der Waals surface area contributed by atoms with Gasteiger partial charge in [-0.2, -0.15) is 0 Å². The molecule has 2 aromatic rings. The number of hydrogen-bond donors (Lipinski definition) is 1. The minimum atomic E-state index is -0.805. The van der Waals surface area contributed by atoms with Gasteiger partial charge in [-0.25, -0.2) is 4.68 Å². The Morgan fingerprint density at radius 3 is 2.95 bits per heavy atom. The Morgan fingerprint density at radius 2 is 2.37 bits per heavy atom. The molecule has 0 radical (unpaired) electrons. The van der Waals surface area contributed by atoms with Crippen LogP contribution >= 0.6 is 0 Å². The summed E-state index contributed by atoms with van der Waals surface area (Å²) in [7, 11) is 0. The van der Waals surface area contributed by atoms with Gasteiger partial charge in [-0.15, -0.1) is 5.10 Å². The van der Waals surface area contributed by atoms with Crippen molar-refractivity contribution in [2.75, 3.05) is 0 Å². The van der Waals surface area contributed by atoms with E-state index in [9.17, 15) is 4.79 Å². The summed E-state index contributed by atoms with van der Waals surface area (Å²) in [4.78, 5) is 10.8. The van der Waals surface area contributed by atoms with Gasteiger partial charge in [0.1, 0.15) is 12.0 Å². The van der Waals surface area contributed by atoms with E-state index in [1.165, 1.54) is 0 Å². The second kappa shape index (κ2) is 5.64. The van der Waals surface area contributed by atoms with E-state index in [0.29, 0.717) is 12.4 Å². The zero-order valence-corrected chi connectivity index (χ0v) is 10.9. The summed E-state index contributed by atoms with van der Waals surface area (Å²) in [6, 6.07) is 1.85.